The van der Waals surface area contributed by atoms with E-state index < -0.39 is 12.2 Å². The van der Waals surface area contributed by atoms with Crippen molar-refractivity contribution in [2.45, 2.75) is 44.4 Å². The molecule has 1 aromatic rings. The lowest BCUT2D eigenvalue weighted by Gasteiger charge is -2.41. The number of aryl methyl sites for hydroxylation is 1. The Morgan fingerprint density at radius 3 is 2.59 bits per heavy atom. The van der Waals surface area contributed by atoms with Crippen LogP contribution in [-0.4, -0.2) is 83.6 Å². The van der Waals surface area contributed by atoms with E-state index in [2.05, 4.69) is 15.3 Å². The largest absolute Gasteiger partial charge is 0.410 e. The van der Waals surface area contributed by atoms with Gasteiger partial charge in [-0.05, 0) is 32.1 Å². The van der Waals surface area contributed by atoms with Crippen LogP contribution in [-0.2, 0) is 9.53 Å². The molecule has 0 spiro atoms. The molecule has 1 N–H and O–H groups in total. The summed E-state index contributed by atoms with van der Waals surface area (Å²) in [6, 6.07) is -0.188. The molecule has 1 aromatic heterocycles. The summed E-state index contributed by atoms with van der Waals surface area (Å²) in [4.78, 5) is 16.5. The number of hydrogen-bond donors (Lipinski definition) is 1. The molecule has 4 heterocycles. The molecule has 2 saturated heterocycles. The molecule has 4 rings (SSSR count). The van der Waals surface area contributed by atoms with Gasteiger partial charge in [-0.25, -0.2) is 4.68 Å². The van der Waals surface area contributed by atoms with Crippen LogP contribution in [0.2, 0.25) is 0 Å². The highest BCUT2D eigenvalue weighted by molar-refractivity contribution is 5.78. The fourth-order valence-electron chi connectivity index (χ4n) is 4.64. The molecule has 7 nitrogen and oxygen atoms in total. The number of morpholine rings is 1. The van der Waals surface area contributed by atoms with Gasteiger partial charge in [0, 0.05) is 38.3 Å². The number of aromatic nitrogens is 2. The second-order valence-corrected chi connectivity index (χ2v) is 8.27. The van der Waals surface area contributed by atoms with E-state index in [1.165, 1.54) is 0 Å². The van der Waals surface area contributed by atoms with Crippen molar-refractivity contribution in [3.8, 4) is 0 Å². The van der Waals surface area contributed by atoms with E-state index in [0.29, 0.717) is 57.2 Å². The lowest BCUT2D eigenvalue weighted by molar-refractivity contribution is -0.174. The predicted molar refractivity (Wildman–Crippen MR) is 101 cm³/mol. The molecule has 1 amide bonds. The average Bonchev–Trinajstić information content (AvgIpc) is 3.07. The maximum atomic E-state index is 13.6. The van der Waals surface area contributed by atoms with Gasteiger partial charge in [-0.2, -0.15) is 18.3 Å². The van der Waals surface area contributed by atoms with Gasteiger partial charge in [-0.3, -0.25) is 9.69 Å². The smallest absolute Gasteiger partial charge is 0.379 e. The lowest BCUT2D eigenvalue weighted by Crippen LogP contribution is -2.49. The van der Waals surface area contributed by atoms with E-state index in [4.69, 9.17) is 4.74 Å². The van der Waals surface area contributed by atoms with Crippen LogP contribution in [0.25, 0.3) is 0 Å². The number of halogens is 3. The van der Waals surface area contributed by atoms with Crippen molar-refractivity contribution in [1.29, 1.82) is 0 Å². The number of ether oxygens (including phenoxy) is 1. The third-order valence-electron chi connectivity index (χ3n) is 6.27. The molecule has 0 unspecified atom stereocenters. The average molecular weight is 415 g/mol. The molecule has 0 aliphatic carbocycles. The van der Waals surface area contributed by atoms with Crippen LogP contribution in [0.3, 0.4) is 0 Å². The van der Waals surface area contributed by atoms with Gasteiger partial charge >= 0.3 is 6.18 Å². The number of amides is 1. The predicted octanol–water partition coefficient (Wildman–Crippen LogP) is 2.05. The number of piperidine rings is 1. The first-order chi connectivity index (χ1) is 13.8. The number of carbonyl (C=O) groups is 1. The number of nitrogens with zero attached hydrogens (tertiary/aromatic N) is 4. The zero-order valence-electron chi connectivity index (χ0n) is 16.6. The molecule has 3 aliphatic rings. The van der Waals surface area contributed by atoms with Crippen LogP contribution in [0, 0.1) is 12.8 Å². The van der Waals surface area contributed by atoms with Crippen LogP contribution in [0.4, 0.5) is 19.0 Å². The van der Waals surface area contributed by atoms with Gasteiger partial charge in [-0.15, -0.1) is 0 Å². The highest BCUT2D eigenvalue weighted by Gasteiger charge is 2.47. The molecule has 0 aromatic carbocycles. The van der Waals surface area contributed by atoms with Crippen LogP contribution in [0.5, 0.6) is 0 Å². The van der Waals surface area contributed by atoms with Gasteiger partial charge in [0.15, 0.2) is 6.04 Å². The fraction of sp³-hybridized carbons (Fsp3) is 0.789. The molecule has 0 saturated carbocycles. The van der Waals surface area contributed by atoms with Gasteiger partial charge in [0.05, 0.1) is 25.5 Å². The van der Waals surface area contributed by atoms with Crippen molar-refractivity contribution < 1.29 is 22.7 Å². The highest BCUT2D eigenvalue weighted by atomic mass is 19.4. The number of rotatable bonds is 3. The Hall–Kier alpha value is -1.81. The van der Waals surface area contributed by atoms with Gasteiger partial charge < -0.3 is 15.0 Å². The van der Waals surface area contributed by atoms with Crippen molar-refractivity contribution in [3.63, 3.8) is 0 Å². The van der Waals surface area contributed by atoms with E-state index in [9.17, 15) is 18.0 Å². The summed E-state index contributed by atoms with van der Waals surface area (Å²) in [6.07, 6.45) is -2.93. The summed E-state index contributed by atoms with van der Waals surface area (Å²) < 4.78 is 47.2. The Balaban J connectivity index is 1.35. The Labute approximate surface area is 168 Å². The van der Waals surface area contributed by atoms with Crippen molar-refractivity contribution in [3.05, 3.63) is 11.8 Å². The molecule has 0 bridgehead atoms. The Morgan fingerprint density at radius 2 is 1.93 bits per heavy atom. The first-order valence-electron chi connectivity index (χ1n) is 10.3. The molecule has 2 atom stereocenters. The molecule has 29 heavy (non-hydrogen) atoms. The van der Waals surface area contributed by atoms with E-state index in [1.807, 2.05) is 4.90 Å². The monoisotopic (exact) mass is 415 g/mol. The van der Waals surface area contributed by atoms with Gasteiger partial charge in [0.1, 0.15) is 5.82 Å². The van der Waals surface area contributed by atoms with Crippen LogP contribution in [0.15, 0.2) is 6.07 Å². The van der Waals surface area contributed by atoms with Crippen molar-refractivity contribution in [2.75, 3.05) is 51.3 Å². The maximum absolute atomic E-state index is 13.6. The van der Waals surface area contributed by atoms with Crippen LogP contribution < -0.4 is 5.32 Å². The lowest BCUT2D eigenvalue weighted by atomic mass is 9.84. The van der Waals surface area contributed by atoms with Crippen molar-refractivity contribution >= 4 is 11.7 Å². The summed E-state index contributed by atoms with van der Waals surface area (Å²) in [5.41, 5.74) is 0.575. The summed E-state index contributed by atoms with van der Waals surface area (Å²) >= 11 is 0. The zero-order valence-corrected chi connectivity index (χ0v) is 16.6. The van der Waals surface area contributed by atoms with Gasteiger partial charge in [-0.1, -0.05) is 0 Å². The molecule has 3 aliphatic heterocycles. The molecule has 2 fully saturated rings. The minimum Gasteiger partial charge on any atom is -0.379 e. The summed E-state index contributed by atoms with van der Waals surface area (Å²) in [7, 11) is 0. The fourth-order valence-corrected chi connectivity index (χ4v) is 4.64. The summed E-state index contributed by atoms with van der Waals surface area (Å²) in [5.74, 6) is 0.645. The third kappa shape index (κ3) is 4.53. The number of hydrogen-bond acceptors (Lipinski definition) is 5. The highest BCUT2D eigenvalue weighted by Crippen LogP contribution is 2.42. The van der Waals surface area contributed by atoms with Gasteiger partial charge in [0.2, 0.25) is 5.91 Å². The Kier molecular flexibility index (Phi) is 5.74. The third-order valence-corrected chi connectivity index (χ3v) is 6.27. The number of nitrogens with one attached hydrogen (secondary N) is 1. The van der Waals surface area contributed by atoms with Gasteiger partial charge in [0.25, 0.3) is 0 Å². The molecule has 0 radical (unpaired) electrons. The van der Waals surface area contributed by atoms with E-state index >= 15 is 0 Å². The number of carbonyl (C=O) groups excluding carboxylic acids is 1. The number of anilines is 1. The zero-order chi connectivity index (χ0) is 20.6. The molecular formula is C19H28F3N5O2. The summed E-state index contributed by atoms with van der Waals surface area (Å²) in [6.45, 7) is 6.12. The van der Waals surface area contributed by atoms with E-state index in [-0.39, 0.29) is 24.3 Å². The molecule has 10 heteroatoms. The number of alkyl halides is 3. The Morgan fingerprint density at radius 1 is 1.24 bits per heavy atom. The quantitative estimate of drug-likeness (QED) is 0.819. The van der Waals surface area contributed by atoms with E-state index in [1.54, 1.807) is 13.0 Å². The normalized spacial score (nSPS) is 26.8. The maximum Gasteiger partial charge on any atom is 0.410 e. The second kappa shape index (κ2) is 8.14. The number of fused-ring (bicyclic) bond motifs is 1. The first-order valence-corrected chi connectivity index (χ1v) is 10.3. The first kappa shape index (κ1) is 20.5. The van der Waals surface area contributed by atoms with Crippen molar-refractivity contribution in [1.82, 2.24) is 19.6 Å². The van der Waals surface area contributed by atoms with Crippen LogP contribution in [0.1, 0.15) is 31.0 Å². The SMILES string of the molecule is Cc1cc2n(n1)[C@@H](C(F)(F)F)C[C@@H](C1CCN(C(=O)CN3CCOCC3)CC1)N2. The minimum atomic E-state index is -4.33. The molecule has 162 valence electrons. The summed E-state index contributed by atoms with van der Waals surface area (Å²) in [5, 5.41) is 7.31. The standard InChI is InChI=1S/C19H28F3N5O2/c1-13-10-17-23-15(11-16(19(20,21)22)27(17)24-13)14-2-4-26(5-3-14)18(28)12-25-6-8-29-9-7-25/h10,14-16,23H,2-9,11-12H2,1H3/t15-,16+/m0/s1. The van der Waals surface area contributed by atoms with E-state index in [0.717, 1.165) is 17.8 Å². The molecular weight excluding hydrogens is 387 g/mol. The second-order valence-electron chi connectivity index (χ2n) is 8.27. The minimum absolute atomic E-state index is 0.0238. The Bertz CT molecular complexity index is 724. The van der Waals surface area contributed by atoms with Crippen molar-refractivity contribution in [2.24, 2.45) is 5.92 Å². The van der Waals surface area contributed by atoms with Crippen LogP contribution >= 0.6 is 0 Å². The topological polar surface area (TPSA) is 62.6 Å². The number of likely N-dealkylation sites (tertiary alicyclic amines) is 1.